The zero-order valence-corrected chi connectivity index (χ0v) is 26.2. The third-order valence-corrected chi connectivity index (χ3v) is 12.9. The Bertz CT molecular complexity index is 1480. The van der Waals surface area contributed by atoms with E-state index in [4.69, 9.17) is 23.4 Å². The number of esters is 3. The van der Waals surface area contributed by atoms with E-state index in [1.165, 1.54) is 6.92 Å². The molecule has 0 radical (unpaired) electrons. The lowest BCUT2D eigenvalue weighted by Crippen LogP contribution is -2.75. The van der Waals surface area contributed by atoms with E-state index in [9.17, 15) is 19.5 Å². The average Bonchev–Trinajstić information content (AvgIpc) is 3.55. The van der Waals surface area contributed by atoms with Gasteiger partial charge in [0.25, 0.3) is 0 Å². The van der Waals surface area contributed by atoms with E-state index in [0.29, 0.717) is 24.8 Å². The highest BCUT2D eigenvalue weighted by molar-refractivity contribution is 5.89. The smallest absolute Gasteiger partial charge is 0.339 e. The van der Waals surface area contributed by atoms with Gasteiger partial charge in [-0.25, -0.2) is 9.59 Å². The second-order valence-corrected chi connectivity index (χ2v) is 15.0. The fraction of sp³-hybridized carbons (Fsp3) is 0.629. The number of ether oxygens (including phenoxy) is 4. The van der Waals surface area contributed by atoms with E-state index in [2.05, 4.69) is 34.6 Å². The van der Waals surface area contributed by atoms with Crippen LogP contribution in [0.15, 0.2) is 53.3 Å². The van der Waals surface area contributed by atoms with Crippen LogP contribution >= 0.6 is 0 Å². The highest BCUT2D eigenvalue weighted by Gasteiger charge is 2.89. The Hall–Kier alpha value is -3.17. The van der Waals surface area contributed by atoms with Crippen molar-refractivity contribution < 1.29 is 42.9 Å². The molecule has 2 saturated heterocycles. The van der Waals surface area contributed by atoms with Crippen LogP contribution in [0.3, 0.4) is 0 Å². The first-order valence-corrected chi connectivity index (χ1v) is 15.7. The highest BCUT2D eigenvalue weighted by atomic mass is 16.7. The van der Waals surface area contributed by atoms with E-state index < -0.39 is 75.7 Å². The topological polar surface area (TPSA) is 125 Å². The van der Waals surface area contributed by atoms with Crippen LogP contribution in [0, 0.1) is 33.5 Å². The number of carbonyl (C=O) groups is 3. The number of furan rings is 1. The Morgan fingerprint density at radius 3 is 2.32 bits per heavy atom. The molecule has 11 unspecified atom stereocenters. The van der Waals surface area contributed by atoms with Crippen molar-refractivity contribution in [3.8, 4) is 0 Å². The predicted molar refractivity (Wildman–Crippen MR) is 156 cm³/mol. The van der Waals surface area contributed by atoms with E-state index >= 15 is 0 Å². The standard InChI is InChI=1S/C35H42O9/c1-19(36)41-26-16-23-31(2,3)25(42-29(38)20-10-8-7-9-11-20)17-24(37)33(23,5)22-12-14-32(4)27(21-13-15-40-18-21)43-30(39)28-35(32,44-28)34(22,26)6/h7-11,13,15,18,22-28,37H,12,14,16-17H2,1-6H3. The van der Waals surface area contributed by atoms with Crippen LogP contribution in [-0.4, -0.2) is 53.0 Å². The Labute approximate surface area is 257 Å². The number of aliphatic hydroxyl groups is 1. The summed E-state index contributed by atoms with van der Waals surface area (Å²) in [6.07, 6.45) is 1.88. The van der Waals surface area contributed by atoms with Crippen molar-refractivity contribution in [1.82, 2.24) is 0 Å². The van der Waals surface area contributed by atoms with Crippen molar-refractivity contribution in [1.29, 1.82) is 0 Å². The minimum absolute atomic E-state index is 0.173. The van der Waals surface area contributed by atoms with Crippen LogP contribution in [-0.2, 0) is 28.5 Å². The molecule has 2 aliphatic heterocycles. The lowest BCUT2D eigenvalue weighted by atomic mass is 9.34. The molecular formula is C35H42O9. The van der Waals surface area contributed by atoms with Gasteiger partial charge in [-0.1, -0.05) is 52.8 Å². The third kappa shape index (κ3) is 3.57. The molecule has 44 heavy (non-hydrogen) atoms. The third-order valence-electron chi connectivity index (χ3n) is 12.9. The molecule has 0 amide bonds. The van der Waals surface area contributed by atoms with Gasteiger partial charge in [-0.3, -0.25) is 4.79 Å². The van der Waals surface area contributed by atoms with Gasteiger partial charge < -0.3 is 28.5 Å². The molecule has 236 valence electrons. The van der Waals surface area contributed by atoms with Crippen molar-refractivity contribution >= 4 is 17.9 Å². The molecule has 7 rings (SSSR count). The molecule has 3 heterocycles. The molecule has 3 aliphatic carbocycles. The van der Waals surface area contributed by atoms with E-state index in [0.717, 1.165) is 5.56 Å². The van der Waals surface area contributed by atoms with Crippen molar-refractivity contribution in [3.05, 3.63) is 60.1 Å². The fourth-order valence-electron chi connectivity index (χ4n) is 10.8. The van der Waals surface area contributed by atoms with Gasteiger partial charge in [-0.05, 0) is 49.3 Å². The van der Waals surface area contributed by atoms with Crippen molar-refractivity contribution in [2.75, 3.05) is 0 Å². The summed E-state index contributed by atoms with van der Waals surface area (Å²) >= 11 is 0. The van der Waals surface area contributed by atoms with E-state index in [1.54, 1.807) is 36.8 Å². The molecule has 3 saturated carbocycles. The lowest BCUT2D eigenvalue weighted by molar-refractivity contribution is -0.295. The second-order valence-electron chi connectivity index (χ2n) is 15.0. The molecule has 1 aromatic carbocycles. The van der Waals surface area contributed by atoms with E-state index in [-0.39, 0.29) is 18.3 Å². The average molecular weight is 607 g/mol. The number of hydrogen-bond acceptors (Lipinski definition) is 9. The van der Waals surface area contributed by atoms with Gasteiger partial charge in [-0.2, -0.15) is 0 Å². The van der Waals surface area contributed by atoms with Gasteiger partial charge in [-0.15, -0.1) is 0 Å². The maximum atomic E-state index is 13.5. The van der Waals surface area contributed by atoms with Crippen LogP contribution < -0.4 is 0 Å². The number of fused-ring (bicyclic) bond motifs is 3. The number of epoxide rings is 1. The Balaban J connectivity index is 1.31. The molecule has 5 fully saturated rings. The minimum atomic E-state index is -0.977. The monoisotopic (exact) mass is 606 g/mol. The van der Waals surface area contributed by atoms with Crippen molar-refractivity contribution in [2.45, 2.75) is 103 Å². The molecule has 0 bridgehead atoms. The molecule has 1 spiro atoms. The largest absolute Gasteiger partial charge is 0.472 e. The fourth-order valence-corrected chi connectivity index (χ4v) is 10.8. The highest BCUT2D eigenvalue weighted by Crippen LogP contribution is 2.80. The first-order valence-electron chi connectivity index (χ1n) is 15.7. The molecule has 11 atom stereocenters. The van der Waals surface area contributed by atoms with Crippen LogP contribution in [0.25, 0.3) is 0 Å². The summed E-state index contributed by atoms with van der Waals surface area (Å²) in [7, 11) is 0. The number of aliphatic hydroxyl groups excluding tert-OH is 1. The molecule has 1 aromatic heterocycles. The summed E-state index contributed by atoms with van der Waals surface area (Å²) < 4.78 is 30.4. The van der Waals surface area contributed by atoms with Gasteiger partial charge >= 0.3 is 17.9 Å². The van der Waals surface area contributed by atoms with Crippen molar-refractivity contribution in [2.24, 2.45) is 33.5 Å². The normalized spacial score (nSPS) is 45.0. The summed E-state index contributed by atoms with van der Waals surface area (Å²) in [5.74, 6) is -1.61. The zero-order chi connectivity index (χ0) is 31.4. The molecule has 9 heteroatoms. The molecule has 9 nitrogen and oxygen atoms in total. The number of hydrogen-bond donors (Lipinski definition) is 1. The summed E-state index contributed by atoms with van der Waals surface area (Å²) in [4.78, 5) is 39.4. The summed E-state index contributed by atoms with van der Waals surface area (Å²) in [6, 6.07) is 10.7. The molecule has 5 aliphatic rings. The summed E-state index contributed by atoms with van der Waals surface area (Å²) in [5.41, 5.74) is -2.43. The van der Waals surface area contributed by atoms with Crippen LogP contribution in [0.5, 0.6) is 0 Å². The minimum Gasteiger partial charge on any atom is -0.472 e. The number of carbonyl (C=O) groups excluding carboxylic acids is 3. The first-order chi connectivity index (χ1) is 20.7. The van der Waals surface area contributed by atoms with Crippen LogP contribution in [0.1, 0.15) is 89.3 Å². The first kappa shape index (κ1) is 29.5. The zero-order valence-electron chi connectivity index (χ0n) is 26.2. The number of cyclic esters (lactones) is 1. The maximum Gasteiger partial charge on any atom is 0.339 e. The summed E-state index contributed by atoms with van der Waals surface area (Å²) in [6.45, 7) is 11.9. The molecular weight excluding hydrogens is 564 g/mol. The second kappa shape index (κ2) is 9.42. The van der Waals surface area contributed by atoms with Crippen molar-refractivity contribution in [3.63, 3.8) is 0 Å². The Morgan fingerprint density at radius 2 is 1.66 bits per heavy atom. The predicted octanol–water partition coefficient (Wildman–Crippen LogP) is 5.41. The van der Waals surface area contributed by atoms with Gasteiger partial charge in [0, 0.05) is 40.6 Å². The quantitative estimate of drug-likeness (QED) is 0.276. The van der Waals surface area contributed by atoms with Gasteiger partial charge in [0.1, 0.15) is 23.9 Å². The SMILES string of the molecule is CC(=O)OC1CC2C(C)(C)C(OC(=O)c3ccccc3)CC(O)C2(C)C2CCC3(C)C(c4ccoc4)OC(=O)C4OC43C12C. The van der Waals surface area contributed by atoms with Gasteiger partial charge in [0.2, 0.25) is 0 Å². The summed E-state index contributed by atoms with van der Waals surface area (Å²) in [5, 5.41) is 12.1. The van der Waals surface area contributed by atoms with Crippen LogP contribution in [0.4, 0.5) is 0 Å². The number of benzene rings is 1. The Morgan fingerprint density at radius 1 is 0.932 bits per heavy atom. The lowest BCUT2D eigenvalue weighted by Gasteiger charge is -2.71. The number of rotatable bonds is 4. The Kier molecular flexibility index (Phi) is 6.33. The van der Waals surface area contributed by atoms with Gasteiger partial charge in [0.05, 0.1) is 24.2 Å². The van der Waals surface area contributed by atoms with Crippen LogP contribution in [0.2, 0.25) is 0 Å². The maximum absolute atomic E-state index is 13.5. The van der Waals surface area contributed by atoms with E-state index in [1.807, 2.05) is 12.1 Å². The van der Waals surface area contributed by atoms with Gasteiger partial charge in [0.15, 0.2) is 6.10 Å². The molecule has 2 aromatic rings. The molecule has 1 N–H and O–H groups in total.